The average molecular weight is 131 g/mol. The predicted octanol–water partition coefficient (Wildman–Crippen LogP) is -1.24. The zero-order chi connectivity index (χ0) is 7.49. The van der Waals surface area contributed by atoms with Crippen molar-refractivity contribution < 1.29 is 4.79 Å². The summed E-state index contributed by atoms with van der Waals surface area (Å²) < 4.78 is 0. The third-order valence-electron chi connectivity index (χ3n) is 1.11. The molecule has 0 aromatic heterocycles. The SMILES string of the molecule is CNC(C)(N)CC(N)=O. The predicted molar refractivity (Wildman–Crippen MR) is 35.5 cm³/mol. The van der Waals surface area contributed by atoms with E-state index in [-0.39, 0.29) is 6.42 Å². The number of carbonyl (C=O) groups excluding carboxylic acids is 1. The Balaban J connectivity index is 3.71. The summed E-state index contributed by atoms with van der Waals surface area (Å²) in [6, 6.07) is 0. The van der Waals surface area contributed by atoms with Crippen LogP contribution in [0.3, 0.4) is 0 Å². The second kappa shape index (κ2) is 2.80. The van der Waals surface area contributed by atoms with E-state index in [2.05, 4.69) is 5.32 Å². The Morgan fingerprint density at radius 2 is 2.22 bits per heavy atom. The highest BCUT2D eigenvalue weighted by Crippen LogP contribution is 1.96. The molecular formula is C5H13N3O. The quantitative estimate of drug-likeness (QED) is 0.419. The molecule has 4 nitrogen and oxygen atoms in total. The standard InChI is InChI=1S/C5H13N3O/c1-5(7,8-2)3-4(6)9/h8H,3,7H2,1-2H3,(H2,6,9). The molecule has 0 radical (unpaired) electrons. The minimum atomic E-state index is -0.661. The van der Waals surface area contributed by atoms with Gasteiger partial charge in [0, 0.05) is 0 Å². The van der Waals surface area contributed by atoms with Crippen LogP contribution >= 0.6 is 0 Å². The topological polar surface area (TPSA) is 81.1 Å². The minimum Gasteiger partial charge on any atom is -0.370 e. The van der Waals surface area contributed by atoms with Gasteiger partial charge in [-0.3, -0.25) is 4.79 Å². The number of primary amides is 1. The number of nitrogens with two attached hydrogens (primary N) is 2. The van der Waals surface area contributed by atoms with Gasteiger partial charge in [-0.1, -0.05) is 0 Å². The van der Waals surface area contributed by atoms with Crippen molar-refractivity contribution in [3.63, 3.8) is 0 Å². The highest BCUT2D eigenvalue weighted by molar-refractivity contribution is 5.74. The van der Waals surface area contributed by atoms with Crippen molar-refractivity contribution in [2.24, 2.45) is 11.5 Å². The minimum absolute atomic E-state index is 0.156. The molecule has 1 amide bonds. The van der Waals surface area contributed by atoms with Gasteiger partial charge in [0.15, 0.2) is 0 Å². The van der Waals surface area contributed by atoms with Crippen molar-refractivity contribution in [1.82, 2.24) is 5.32 Å². The monoisotopic (exact) mass is 131 g/mol. The highest BCUT2D eigenvalue weighted by Gasteiger charge is 2.17. The molecule has 0 saturated carbocycles. The van der Waals surface area contributed by atoms with E-state index in [4.69, 9.17) is 11.5 Å². The molecule has 0 bridgehead atoms. The average Bonchev–Trinajstić information content (AvgIpc) is 1.63. The van der Waals surface area contributed by atoms with E-state index in [1.165, 1.54) is 0 Å². The zero-order valence-electron chi connectivity index (χ0n) is 5.77. The Hall–Kier alpha value is -0.610. The molecule has 0 aliphatic heterocycles. The molecule has 1 atom stereocenters. The molecule has 0 fully saturated rings. The van der Waals surface area contributed by atoms with Crippen LogP contribution in [0.2, 0.25) is 0 Å². The van der Waals surface area contributed by atoms with Crippen LogP contribution in [0.25, 0.3) is 0 Å². The third kappa shape index (κ3) is 3.93. The first kappa shape index (κ1) is 8.39. The van der Waals surface area contributed by atoms with Gasteiger partial charge in [0.1, 0.15) is 0 Å². The molecule has 0 aromatic rings. The van der Waals surface area contributed by atoms with Crippen LogP contribution in [0.4, 0.5) is 0 Å². The lowest BCUT2D eigenvalue weighted by molar-refractivity contribution is -0.119. The summed E-state index contributed by atoms with van der Waals surface area (Å²) in [6.45, 7) is 1.71. The summed E-state index contributed by atoms with van der Waals surface area (Å²) in [5.74, 6) is -0.394. The molecular weight excluding hydrogens is 118 g/mol. The van der Waals surface area contributed by atoms with Gasteiger partial charge in [-0.25, -0.2) is 0 Å². The molecule has 9 heavy (non-hydrogen) atoms. The molecule has 0 saturated heterocycles. The maximum absolute atomic E-state index is 10.3. The van der Waals surface area contributed by atoms with Crippen molar-refractivity contribution in [1.29, 1.82) is 0 Å². The Morgan fingerprint density at radius 1 is 1.78 bits per heavy atom. The summed E-state index contributed by atoms with van der Waals surface area (Å²) in [7, 11) is 1.68. The largest absolute Gasteiger partial charge is 0.370 e. The number of amides is 1. The molecule has 0 spiro atoms. The summed E-state index contributed by atoms with van der Waals surface area (Å²) in [5.41, 5.74) is 9.74. The van der Waals surface area contributed by atoms with E-state index in [0.717, 1.165) is 0 Å². The summed E-state index contributed by atoms with van der Waals surface area (Å²) in [6.07, 6.45) is 0.156. The van der Waals surface area contributed by atoms with Crippen molar-refractivity contribution in [2.75, 3.05) is 7.05 Å². The highest BCUT2D eigenvalue weighted by atomic mass is 16.1. The van der Waals surface area contributed by atoms with Crippen LogP contribution < -0.4 is 16.8 Å². The van der Waals surface area contributed by atoms with E-state index >= 15 is 0 Å². The smallest absolute Gasteiger partial charge is 0.220 e. The van der Waals surface area contributed by atoms with E-state index in [0.29, 0.717) is 0 Å². The van der Waals surface area contributed by atoms with Crippen LogP contribution in [0.5, 0.6) is 0 Å². The molecule has 54 valence electrons. The first-order valence-electron chi connectivity index (χ1n) is 2.74. The van der Waals surface area contributed by atoms with Crippen molar-refractivity contribution in [3.8, 4) is 0 Å². The van der Waals surface area contributed by atoms with E-state index in [1.54, 1.807) is 14.0 Å². The number of carbonyl (C=O) groups is 1. The summed E-state index contributed by atoms with van der Waals surface area (Å²) in [5, 5.41) is 2.75. The molecule has 5 N–H and O–H groups in total. The molecule has 0 aliphatic rings. The first-order valence-corrected chi connectivity index (χ1v) is 2.74. The number of rotatable bonds is 3. The summed E-state index contributed by atoms with van der Waals surface area (Å²) in [4.78, 5) is 10.3. The lowest BCUT2D eigenvalue weighted by Crippen LogP contribution is -2.51. The Kier molecular flexibility index (Phi) is 2.61. The van der Waals surface area contributed by atoms with Crippen molar-refractivity contribution >= 4 is 5.91 Å². The Morgan fingerprint density at radius 3 is 2.33 bits per heavy atom. The van der Waals surface area contributed by atoms with Crippen molar-refractivity contribution in [3.05, 3.63) is 0 Å². The number of hydrogen-bond donors (Lipinski definition) is 3. The van der Waals surface area contributed by atoms with Crippen LogP contribution in [-0.2, 0) is 4.79 Å². The van der Waals surface area contributed by atoms with Gasteiger partial charge >= 0.3 is 0 Å². The van der Waals surface area contributed by atoms with E-state index in [9.17, 15) is 4.79 Å². The van der Waals surface area contributed by atoms with Crippen LogP contribution in [0.15, 0.2) is 0 Å². The van der Waals surface area contributed by atoms with Gasteiger partial charge in [0.05, 0.1) is 12.1 Å². The normalized spacial score (nSPS) is 16.8. The number of hydrogen-bond acceptors (Lipinski definition) is 3. The lowest BCUT2D eigenvalue weighted by Gasteiger charge is -2.21. The van der Waals surface area contributed by atoms with Gasteiger partial charge in [-0.15, -0.1) is 0 Å². The van der Waals surface area contributed by atoms with Gasteiger partial charge < -0.3 is 16.8 Å². The Bertz CT molecular complexity index is 111. The van der Waals surface area contributed by atoms with Crippen LogP contribution in [-0.4, -0.2) is 18.6 Å². The fraction of sp³-hybridized carbons (Fsp3) is 0.800. The maximum Gasteiger partial charge on any atom is 0.220 e. The fourth-order valence-corrected chi connectivity index (χ4v) is 0.450. The van der Waals surface area contributed by atoms with E-state index in [1.807, 2.05) is 0 Å². The van der Waals surface area contributed by atoms with Gasteiger partial charge in [0.2, 0.25) is 5.91 Å². The molecule has 0 aliphatic carbocycles. The van der Waals surface area contributed by atoms with Crippen LogP contribution in [0, 0.1) is 0 Å². The molecule has 4 heteroatoms. The van der Waals surface area contributed by atoms with Gasteiger partial charge in [-0.05, 0) is 14.0 Å². The molecule has 0 heterocycles. The first-order chi connectivity index (χ1) is 3.98. The molecule has 1 unspecified atom stereocenters. The zero-order valence-corrected chi connectivity index (χ0v) is 5.77. The molecule has 0 rings (SSSR count). The fourth-order valence-electron chi connectivity index (χ4n) is 0.450. The van der Waals surface area contributed by atoms with E-state index < -0.39 is 11.6 Å². The Labute approximate surface area is 54.6 Å². The third-order valence-corrected chi connectivity index (χ3v) is 1.11. The van der Waals surface area contributed by atoms with Gasteiger partial charge in [0.25, 0.3) is 0 Å². The number of nitrogens with one attached hydrogen (secondary N) is 1. The second-order valence-corrected chi connectivity index (χ2v) is 2.31. The second-order valence-electron chi connectivity index (χ2n) is 2.31. The lowest BCUT2D eigenvalue weighted by atomic mass is 10.1. The van der Waals surface area contributed by atoms with Gasteiger partial charge in [-0.2, -0.15) is 0 Å². The molecule has 0 aromatic carbocycles. The maximum atomic E-state index is 10.3. The van der Waals surface area contributed by atoms with Crippen molar-refractivity contribution in [2.45, 2.75) is 19.0 Å². The van der Waals surface area contributed by atoms with Crippen LogP contribution in [0.1, 0.15) is 13.3 Å². The summed E-state index contributed by atoms with van der Waals surface area (Å²) >= 11 is 0.